The minimum atomic E-state index is -0.512. The van der Waals surface area contributed by atoms with Gasteiger partial charge in [0.05, 0.1) is 4.47 Å². The average Bonchev–Trinajstić information content (AvgIpc) is 2.27. The summed E-state index contributed by atoms with van der Waals surface area (Å²) in [5, 5.41) is 0. The number of nitrogens with zero attached hydrogens (tertiary/aromatic N) is 2. The molecule has 2 nitrogen and oxygen atoms in total. The Bertz CT molecular complexity index is 383. The van der Waals surface area contributed by atoms with Crippen LogP contribution in [0.3, 0.4) is 0 Å². The molecule has 96 valence electrons. The van der Waals surface area contributed by atoms with Crippen LogP contribution in [0.2, 0.25) is 0 Å². The molecular formula is C12H17BrF2N2. The topological polar surface area (TPSA) is 6.48 Å². The number of hydrogen-bond acceptors (Lipinski definition) is 2. The molecule has 0 radical (unpaired) electrons. The SMILES string of the molecule is CN(C)CCN(C)Cc1c(F)ccc(Br)c1F. The Kier molecular flexibility index (Phi) is 5.49. The van der Waals surface area contributed by atoms with E-state index in [0.717, 1.165) is 13.1 Å². The summed E-state index contributed by atoms with van der Waals surface area (Å²) in [6, 6.07) is 2.66. The number of likely N-dealkylation sites (N-methyl/N-ethyl adjacent to an activating group) is 2. The number of benzene rings is 1. The van der Waals surface area contributed by atoms with E-state index in [1.807, 2.05) is 30.9 Å². The minimum Gasteiger partial charge on any atom is -0.308 e. The van der Waals surface area contributed by atoms with E-state index < -0.39 is 11.6 Å². The number of rotatable bonds is 5. The standard InChI is InChI=1S/C12H17BrF2N2/c1-16(2)6-7-17(3)8-9-11(14)5-4-10(13)12(9)15/h4-5H,6-8H2,1-3H3. The minimum absolute atomic E-state index is 0.112. The second kappa shape index (κ2) is 6.42. The molecule has 0 saturated carbocycles. The normalized spacial score (nSPS) is 11.5. The third-order valence-electron chi connectivity index (χ3n) is 2.50. The molecule has 0 aromatic heterocycles. The first-order valence-corrected chi connectivity index (χ1v) is 6.16. The van der Waals surface area contributed by atoms with Crippen LogP contribution in [-0.2, 0) is 6.54 Å². The molecule has 0 aliphatic carbocycles. The predicted octanol–water partition coefficient (Wildman–Crippen LogP) is 2.72. The van der Waals surface area contributed by atoms with Gasteiger partial charge in [0.2, 0.25) is 0 Å². The predicted molar refractivity (Wildman–Crippen MR) is 68.9 cm³/mol. The van der Waals surface area contributed by atoms with Crippen molar-refractivity contribution in [3.63, 3.8) is 0 Å². The first-order valence-electron chi connectivity index (χ1n) is 5.37. The first kappa shape index (κ1) is 14.5. The van der Waals surface area contributed by atoms with Gasteiger partial charge in [-0.2, -0.15) is 0 Å². The Hall–Kier alpha value is -0.520. The van der Waals surface area contributed by atoms with E-state index in [1.165, 1.54) is 12.1 Å². The van der Waals surface area contributed by atoms with Gasteiger partial charge in [-0.15, -0.1) is 0 Å². The van der Waals surface area contributed by atoms with E-state index in [2.05, 4.69) is 15.9 Å². The average molecular weight is 307 g/mol. The van der Waals surface area contributed by atoms with Crippen molar-refractivity contribution in [1.29, 1.82) is 0 Å². The van der Waals surface area contributed by atoms with E-state index in [0.29, 0.717) is 4.47 Å². The lowest BCUT2D eigenvalue weighted by molar-refractivity contribution is 0.270. The van der Waals surface area contributed by atoms with Gasteiger partial charge in [0.25, 0.3) is 0 Å². The second-order valence-corrected chi connectivity index (χ2v) is 5.22. The summed E-state index contributed by atoms with van der Waals surface area (Å²) >= 11 is 3.06. The van der Waals surface area contributed by atoms with Crippen molar-refractivity contribution in [2.45, 2.75) is 6.54 Å². The van der Waals surface area contributed by atoms with Crippen LogP contribution in [0.5, 0.6) is 0 Å². The fraction of sp³-hybridized carbons (Fsp3) is 0.500. The van der Waals surface area contributed by atoms with E-state index in [-0.39, 0.29) is 12.1 Å². The molecule has 0 aliphatic rings. The Morgan fingerprint density at radius 1 is 1.12 bits per heavy atom. The summed E-state index contributed by atoms with van der Waals surface area (Å²) in [7, 11) is 5.78. The van der Waals surface area contributed by atoms with Crippen molar-refractivity contribution in [3.05, 3.63) is 33.8 Å². The van der Waals surface area contributed by atoms with Crippen LogP contribution in [0.15, 0.2) is 16.6 Å². The van der Waals surface area contributed by atoms with Gasteiger partial charge < -0.3 is 9.80 Å². The smallest absolute Gasteiger partial charge is 0.144 e. The Balaban J connectivity index is 2.71. The molecule has 5 heteroatoms. The summed E-state index contributed by atoms with van der Waals surface area (Å²) in [4.78, 5) is 3.93. The molecule has 17 heavy (non-hydrogen) atoms. The molecule has 0 saturated heterocycles. The summed E-state index contributed by atoms with van der Waals surface area (Å²) in [5.74, 6) is -1.01. The highest BCUT2D eigenvalue weighted by molar-refractivity contribution is 9.10. The Labute approximate surface area is 109 Å². The monoisotopic (exact) mass is 306 g/mol. The van der Waals surface area contributed by atoms with Gasteiger partial charge in [-0.3, -0.25) is 0 Å². The molecule has 1 aromatic rings. The summed E-state index contributed by atoms with van der Waals surface area (Å²) in [6.07, 6.45) is 0. The van der Waals surface area contributed by atoms with Crippen molar-refractivity contribution in [2.24, 2.45) is 0 Å². The van der Waals surface area contributed by atoms with Crippen LogP contribution in [0, 0.1) is 11.6 Å². The van der Waals surface area contributed by atoms with E-state index in [1.54, 1.807) is 0 Å². The van der Waals surface area contributed by atoms with Crippen LogP contribution in [0.4, 0.5) is 8.78 Å². The maximum atomic E-state index is 13.7. The van der Waals surface area contributed by atoms with Gasteiger partial charge >= 0.3 is 0 Å². The van der Waals surface area contributed by atoms with Gasteiger partial charge in [0.1, 0.15) is 11.6 Å². The molecular weight excluding hydrogens is 290 g/mol. The molecule has 1 rings (SSSR count). The molecule has 0 amide bonds. The summed E-state index contributed by atoms with van der Waals surface area (Å²) < 4.78 is 27.5. The molecule has 0 fully saturated rings. The third kappa shape index (κ3) is 4.33. The van der Waals surface area contributed by atoms with Gasteiger partial charge in [-0.1, -0.05) is 0 Å². The fourth-order valence-electron chi connectivity index (χ4n) is 1.43. The molecule has 0 N–H and O–H groups in total. The Morgan fingerprint density at radius 3 is 2.35 bits per heavy atom. The van der Waals surface area contributed by atoms with Gasteiger partial charge in [0, 0.05) is 25.2 Å². The Morgan fingerprint density at radius 2 is 1.76 bits per heavy atom. The van der Waals surface area contributed by atoms with E-state index in [4.69, 9.17) is 0 Å². The lowest BCUT2D eigenvalue weighted by Gasteiger charge is -2.20. The van der Waals surface area contributed by atoms with Gasteiger partial charge in [-0.05, 0) is 49.2 Å². The van der Waals surface area contributed by atoms with Crippen LogP contribution in [0.25, 0.3) is 0 Å². The molecule has 0 atom stereocenters. The number of halogens is 3. The zero-order chi connectivity index (χ0) is 13.0. The molecule has 0 spiro atoms. The molecule has 1 aromatic carbocycles. The van der Waals surface area contributed by atoms with E-state index >= 15 is 0 Å². The number of hydrogen-bond donors (Lipinski definition) is 0. The maximum absolute atomic E-state index is 13.7. The second-order valence-electron chi connectivity index (χ2n) is 4.36. The quantitative estimate of drug-likeness (QED) is 0.772. The van der Waals surface area contributed by atoms with Crippen LogP contribution >= 0.6 is 15.9 Å². The summed E-state index contributed by atoms with van der Waals surface area (Å²) in [6.45, 7) is 1.89. The molecule has 0 aliphatic heterocycles. The van der Waals surface area contributed by atoms with Gasteiger partial charge in [0.15, 0.2) is 0 Å². The molecule has 0 bridgehead atoms. The molecule has 0 unspecified atom stereocenters. The van der Waals surface area contributed by atoms with Crippen molar-refractivity contribution in [1.82, 2.24) is 9.80 Å². The van der Waals surface area contributed by atoms with Crippen molar-refractivity contribution >= 4 is 15.9 Å². The lowest BCUT2D eigenvalue weighted by Crippen LogP contribution is -2.28. The van der Waals surface area contributed by atoms with Crippen molar-refractivity contribution in [2.75, 3.05) is 34.2 Å². The maximum Gasteiger partial charge on any atom is 0.144 e. The highest BCUT2D eigenvalue weighted by Gasteiger charge is 2.14. The largest absolute Gasteiger partial charge is 0.308 e. The zero-order valence-electron chi connectivity index (χ0n) is 10.3. The third-order valence-corrected chi connectivity index (χ3v) is 3.11. The highest BCUT2D eigenvalue weighted by atomic mass is 79.9. The molecule has 0 heterocycles. The van der Waals surface area contributed by atoms with Crippen LogP contribution < -0.4 is 0 Å². The van der Waals surface area contributed by atoms with Crippen molar-refractivity contribution in [3.8, 4) is 0 Å². The lowest BCUT2D eigenvalue weighted by atomic mass is 10.2. The summed E-state index contributed by atoms with van der Waals surface area (Å²) in [5.41, 5.74) is 0.112. The van der Waals surface area contributed by atoms with Crippen LogP contribution in [0.1, 0.15) is 5.56 Å². The van der Waals surface area contributed by atoms with E-state index in [9.17, 15) is 8.78 Å². The highest BCUT2D eigenvalue weighted by Crippen LogP contribution is 2.22. The van der Waals surface area contributed by atoms with Crippen LogP contribution in [-0.4, -0.2) is 44.0 Å². The van der Waals surface area contributed by atoms with Crippen molar-refractivity contribution < 1.29 is 8.78 Å². The fourth-order valence-corrected chi connectivity index (χ4v) is 1.81. The zero-order valence-corrected chi connectivity index (χ0v) is 11.9. The first-order chi connectivity index (χ1) is 7.91. The van der Waals surface area contributed by atoms with Gasteiger partial charge in [-0.25, -0.2) is 8.78 Å².